The Morgan fingerprint density at radius 3 is 2.88 bits per heavy atom. The molecule has 0 aromatic heterocycles. The van der Waals surface area contributed by atoms with Gasteiger partial charge in [-0.25, -0.2) is 9.00 Å². The molecule has 0 atom stereocenters. The van der Waals surface area contributed by atoms with Gasteiger partial charge in [0, 0.05) is 5.37 Å². The van der Waals surface area contributed by atoms with Gasteiger partial charge in [0.15, 0.2) is 0 Å². The van der Waals surface area contributed by atoms with E-state index in [1.54, 1.807) is 0 Å². The van der Waals surface area contributed by atoms with Crippen LogP contribution in [0.5, 0.6) is 0 Å². The van der Waals surface area contributed by atoms with Crippen molar-refractivity contribution in [2.45, 2.75) is 0 Å². The average molecular weight is 135 g/mol. The zero-order valence-electron chi connectivity index (χ0n) is 3.96. The Labute approximate surface area is 49.6 Å². The molecular formula is C3H5NO3S. The van der Waals surface area contributed by atoms with Crippen LogP contribution in [0.3, 0.4) is 0 Å². The minimum absolute atomic E-state index is 0.101. The van der Waals surface area contributed by atoms with Crippen LogP contribution in [0, 0.1) is 0 Å². The number of hydrogen-bond acceptors (Lipinski definition) is 2. The molecule has 0 bridgehead atoms. The predicted molar refractivity (Wildman–Crippen MR) is 30.2 cm³/mol. The number of hydrogen-bond donors (Lipinski definition) is 2. The van der Waals surface area contributed by atoms with Gasteiger partial charge < -0.3 is 10.4 Å². The van der Waals surface area contributed by atoms with Crippen LogP contribution >= 0.6 is 0 Å². The van der Waals surface area contributed by atoms with Crippen molar-refractivity contribution < 1.29 is 14.1 Å². The Balaban J connectivity index is 3.18. The lowest BCUT2D eigenvalue weighted by Gasteiger charge is -1.87. The van der Waals surface area contributed by atoms with E-state index in [4.69, 9.17) is 5.11 Å². The first-order valence-corrected chi connectivity index (χ1v) is 2.65. The highest BCUT2D eigenvalue weighted by Crippen LogP contribution is 1.54. The lowest BCUT2D eigenvalue weighted by Crippen LogP contribution is -2.22. The highest BCUT2D eigenvalue weighted by molar-refractivity contribution is 7.64. The fraction of sp³-hybridized carbons (Fsp3) is 0.333. The maximum Gasteiger partial charge on any atom is 0.404 e. The van der Waals surface area contributed by atoms with E-state index in [1.807, 2.05) is 5.32 Å². The van der Waals surface area contributed by atoms with Crippen LogP contribution in [0.2, 0.25) is 0 Å². The molecule has 0 radical (unpaired) electrons. The number of amides is 1. The maximum atomic E-state index is 9.63. The molecule has 0 heterocycles. The summed E-state index contributed by atoms with van der Waals surface area (Å²) in [5.41, 5.74) is 0. The largest absolute Gasteiger partial charge is 0.465 e. The first-order valence-electron chi connectivity index (χ1n) is 1.84. The first-order chi connectivity index (χ1) is 3.77. The molecule has 4 nitrogen and oxygen atoms in total. The minimum atomic E-state index is -1.12. The third kappa shape index (κ3) is 5.16. The van der Waals surface area contributed by atoms with Crippen molar-refractivity contribution in [2.75, 3.05) is 6.54 Å². The van der Waals surface area contributed by atoms with Crippen LogP contribution in [0.1, 0.15) is 0 Å². The Morgan fingerprint density at radius 2 is 2.50 bits per heavy atom. The fourth-order valence-electron chi connectivity index (χ4n) is 0.163. The highest BCUT2D eigenvalue weighted by atomic mass is 32.1. The molecule has 46 valence electrons. The second-order valence-corrected chi connectivity index (χ2v) is 1.47. The number of carboxylic acid groups (broad SMARTS) is 1. The van der Waals surface area contributed by atoms with E-state index >= 15 is 0 Å². The van der Waals surface area contributed by atoms with Gasteiger partial charge in [-0.05, 0) is 0 Å². The number of rotatable bonds is 2. The quantitative estimate of drug-likeness (QED) is 0.490. The van der Waals surface area contributed by atoms with Crippen molar-refractivity contribution in [1.82, 2.24) is 5.32 Å². The molecule has 0 saturated carbocycles. The van der Waals surface area contributed by atoms with Gasteiger partial charge in [0.25, 0.3) is 0 Å². The van der Waals surface area contributed by atoms with Crippen molar-refractivity contribution in [3.05, 3.63) is 0 Å². The molecule has 0 aromatic rings. The number of nitrogens with one attached hydrogen (secondary N) is 1. The zero-order valence-corrected chi connectivity index (χ0v) is 4.77. The van der Waals surface area contributed by atoms with Crippen LogP contribution in [-0.2, 0) is 11.3 Å². The topological polar surface area (TPSA) is 66.4 Å². The van der Waals surface area contributed by atoms with Gasteiger partial charge in [-0.1, -0.05) is 0 Å². The molecular weight excluding hydrogens is 130 g/mol. The van der Waals surface area contributed by atoms with Gasteiger partial charge in [-0.15, -0.1) is 0 Å². The molecule has 0 rings (SSSR count). The van der Waals surface area contributed by atoms with Crippen molar-refractivity contribution in [2.24, 2.45) is 0 Å². The Morgan fingerprint density at radius 1 is 1.88 bits per heavy atom. The highest BCUT2D eigenvalue weighted by Gasteiger charge is 1.86. The molecule has 0 aliphatic heterocycles. The molecule has 0 aliphatic carbocycles. The molecule has 0 spiro atoms. The van der Waals surface area contributed by atoms with E-state index in [2.05, 4.69) is 0 Å². The molecule has 0 saturated heterocycles. The van der Waals surface area contributed by atoms with Gasteiger partial charge in [-0.2, -0.15) is 0 Å². The summed E-state index contributed by atoms with van der Waals surface area (Å²) in [6.45, 7) is 0.101. The summed E-state index contributed by atoms with van der Waals surface area (Å²) in [5.74, 6) is 0. The summed E-state index contributed by atoms with van der Waals surface area (Å²) in [5, 5.41) is 11.1. The van der Waals surface area contributed by atoms with Crippen LogP contribution in [0.25, 0.3) is 0 Å². The van der Waals surface area contributed by atoms with Gasteiger partial charge in [-0.3, -0.25) is 0 Å². The SMILES string of the molecule is O=S=CCNC(=O)O. The maximum absolute atomic E-state index is 9.63. The Hall–Kier alpha value is -0.840. The molecule has 0 unspecified atom stereocenters. The van der Waals surface area contributed by atoms with Crippen LogP contribution in [0.4, 0.5) is 4.79 Å². The average Bonchev–Trinajstić information content (AvgIpc) is 1.66. The molecule has 5 heteroatoms. The Kier molecular flexibility index (Phi) is 3.87. The second kappa shape index (κ2) is 4.32. The lowest BCUT2D eigenvalue weighted by atomic mass is 10.8. The molecule has 0 aromatic carbocycles. The fourth-order valence-corrected chi connectivity index (χ4v) is 0.314. The van der Waals surface area contributed by atoms with Gasteiger partial charge in [0.1, 0.15) is 0 Å². The van der Waals surface area contributed by atoms with Gasteiger partial charge in [0.05, 0.1) is 17.8 Å². The van der Waals surface area contributed by atoms with Crippen molar-refractivity contribution >= 4 is 22.7 Å². The summed E-state index contributed by atoms with van der Waals surface area (Å²) in [6.07, 6.45) is -1.12. The molecule has 1 amide bonds. The van der Waals surface area contributed by atoms with E-state index in [0.29, 0.717) is 0 Å². The smallest absolute Gasteiger partial charge is 0.404 e. The van der Waals surface area contributed by atoms with Crippen LogP contribution in [0.15, 0.2) is 0 Å². The molecule has 0 aliphatic rings. The monoisotopic (exact) mass is 135 g/mol. The Bertz CT molecular complexity index is 126. The third-order valence-electron chi connectivity index (χ3n) is 0.405. The zero-order chi connectivity index (χ0) is 6.41. The van der Waals surface area contributed by atoms with Gasteiger partial charge in [0.2, 0.25) is 0 Å². The van der Waals surface area contributed by atoms with E-state index < -0.39 is 6.09 Å². The van der Waals surface area contributed by atoms with Crippen LogP contribution < -0.4 is 5.32 Å². The summed E-state index contributed by atoms with van der Waals surface area (Å²) in [6, 6.07) is 0. The summed E-state index contributed by atoms with van der Waals surface area (Å²) in [4.78, 5) is 9.63. The minimum Gasteiger partial charge on any atom is -0.465 e. The van der Waals surface area contributed by atoms with Crippen molar-refractivity contribution in [3.63, 3.8) is 0 Å². The lowest BCUT2D eigenvalue weighted by molar-refractivity contribution is 0.196. The molecule has 0 fully saturated rings. The second-order valence-electron chi connectivity index (χ2n) is 0.949. The molecule has 2 N–H and O–H groups in total. The summed E-state index contributed by atoms with van der Waals surface area (Å²) < 4.78 is 9.54. The standard InChI is InChI=1S/C3H5NO3S/c5-3(6)4-1-2-8-7/h2,4H,1H2,(H,5,6). The first kappa shape index (κ1) is 7.16. The number of carbonyl (C=O) groups is 1. The van der Waals surface area contributed by atoms with E-state index in [0.717, 1.165) is 0 Å². The van der Waals surface area contributed by atoms with E-state index in [9.17, 15) is 9.00 Å². The van der Waals surface area contributed by atoms with Crippen LogP contribution in [-0.4, -0.2) is 27.3 Å². The van der Waals surface area contributed by atoms with E-state index in [-0.39, 0.29) is 17.8 Å². The van der Waals surface area contributed by atoms with Crippen molar-refractivity contribution in [3.8, 4) is 0 Å². The normalized spacial score (nSPS) is 7.50. The molecule has 8 heavy (non-hydrogen) atoms. The summed E-state index contributed by atoms with van der Waals surface area (Å²) in [7, 11) is 0. The summed E-state index contributed by atoms with van der Waals surface area (Å²) >= 11 is 0.243. The van der Waals surface area contributed by atoms with E-state index in [1.165, 1.54) is 5.37 Å². The predicted octanol–water partition coefficient (Wildman–Crippen LogP) is -0.731. The van der Waals surface area contributed by atoms with Crippen molar-refractivity contribution in [1.29, 1.82) is 0 Å². The third-order valence-corrected chi connectivity index (χ3v) is 0.707. The van der Waals surface area contributed by atoms with Gasteiger partial charge >= 0.3 is 6.09 Å².